The minimum Gasteiger partial charge on any atom is -0.309 e. The molecule has 7 aromatic carbocycles. The molecule has 0 aliphatic rings. The van der Waals surface area contributed by atoms with Crippen molar-refractivity contribution in [3.05, 3.63) is 194 Å². The van der Waals surface area contributed by atoms with E-state index in [-0.39, 0.29) is 0 Å². The Morgan fingerprint density at radius 3 is 1.55 bits per heavy atom. The molecule has 56 heavy (non-hydrogen) atoms. The summed E-state index contributed by atoms with van der Waals surface area (Å²) in [5.41, 5.74) is 13.4. The van der Waals surface area contributed by atoms with Crippen molar-refractivity contribution >= 4 is 53.4 Å². The first kappa shape index (κ1) is 32.2. The van der Waals surface area contributed by atoms with Crippen LogP contribution in [0.5, 0.6) is 0 Å². The van der Waals surface area contributed by atoms with Gasteiger partial charge < -0.3 is 4.57 Å². The van der Waals surface area contributed by atoms with Crippen molar-refractivity contribution in [1.29, 1.82) is 0 Å². The van der Waals surface area contributed by atoms with Gasteiger partial charge in [-0.05, 0) is 54.1 Å². The van der Waals surface area contributed by atoms with E-state index in [0.717, 1.165) is 82.8 Å². The van der Waals surface area contributed by atoms with E-state index in [1.807, 2.05) is 12.1 Å². The van der Waals surface area contributed by atoms with Crippen LogP contribution in [0.4, 0.5) is 0 Å². The van der Waals surface area contributed by atoms with Gasteiger partial charge in [-0.3, -0.25) is 0 Å². The molecule has 5 heteroatoms. The van der Waals surface area contributed by atoms with Crippen LogP contribution in [0.15, 0.2) is 194 Å². The number of hydrogen-bond acceptors (Lipinski definition) is 4. The Kier molecular flexibility index (Phi) is 7.64. The summed E-state index contributed by atoms with van der Waals surface area (Å²) in [5.74, 6) is 0.690. The van der Waals surface area contributed by atoms with Crippen LogP contribution >= 0.6 is 11.3 Å². The molecular formula is C51H32N4S. The van der Waals surface area contributed by atoms with Crippen LogP contribution in [0.1, 0.15) is 0 Å². The number of thiophene rings is 1. The van der Waals surface area contributed by atoms with Crippen molar-refractivity contribution in [1.82, 2.24) is 19.5 Å². The maximum absolute atomic E-state index is 5.37. The molecule has 4 nitrogen and oxygen atoms in total. The molecule has 11 rings (SSSR count). The number of fused-ring (bicyclic) bond motifs is 6. The van der Waals surface area contributed by atoms with E-state index in [1.54, 1.807) is 11.3 Å². The maximum Gasteiger partial charge on any atom is 0.160 e. The van der Waals surface area contributed by atoms with Gasteiger partial charge in [0.15, 0.2) is 5.82 Å². The van der Waals surface area contributed by atoms with E-state index in [1.165, 1.54) is 15.5 Å². The lowest BCUT2D eigenvalue weighted by Gasteiger charge is -2.17. The molecule has 4 heterocycles. The summed E-state index contributed by atoms with van der Waals surface area (Å²) in [6, 6.07) is 68.4. The fraction of sp³-hybridized carbons (Fsp3) is 0. The molecule has 0 bridgehead atoms. The van der Waals surface area contributed by atoms with Gasteiger partial charge in [-0.15, -0.1) is 11.3 Å². The number of hydrogen-bond donors (Lipinski definition) is 0. The summed E-state index contributed by atoms with van der Waals surface area (Å²) in [7, 11) is 0. The second-order valence-electron chi connectivity index (χ2n) is 14.0. The molecule has 0 aliphatic heterocycles. The van der Waals surface area contributed by atoms with Crippen LogP contribution in [0.25, 0.3) is 104 Å². The van der Waals surface area contributed by atoms with E-state index in [9.17, 15) is 0 Å². The summed E-state index contributed by atoms with van der Waals surface area (Å²) in [6.45, 7) is 0. The number of para-hydroxylation sites is 2. The third-order valence-corrected chi connectivity index (χ3v) is 11.8. The van der Waals surface area contributed by atoms with Crippen LogP contribution in [0.3, 0.4) is 0 Å². The molecule has 4 aromatic heterocycles. The lowest BCUT2D eigenvalue weighted by Crippen LogP contribution is -2.00. The average molecular weight is 733 g/mol. The molecule has 0 atom stereocenters. The van der Waals surface area contributed by atoms with Crippen LogP contribution in [0.2, 0.25) is 0 Å². The Labute approximate surface area is 327 Å². The predicted octanol–water partition coefficient (Wildman–Crippen LogP) is 13.7. The number of rotatable bonds is 6. The first-order valence-electron chi connectivity index (χ1n) is 18.8. The van der Waals surface area contributed by atoms with E-state index in [4.69, 9.17) is 15.0 Å². The summed E-state index contributed by atoms with van der Waals surface area (Å²) in [4.78, 5) is 16.0. The summed E-state index contributed by atoms with van der Waals surface area (Å²) >= 11 is 1.75. The Bertz CT molecular complexity index is 3130. The lowest BCUT2D eigenvalue weighted by atomic mass is 9.96. The highest BCUT2D eigenvalue weighted by molar-refractivity contribution is 7.26. The Hall–Kier alpha value is -7.21. The Morgan fingerprint density at radius 1 is 0.393 bits per heavy atom. The molecule has 0 N–H and O–H groups in total. The van der Waals surface area contributed by atoms with Crippen molar-refractivity contribution in [2.75, 3.05) is 0 Å². The molecule has 0 unspecified atom stereocenters. The van der Waals surface area contributed by atoms with Gasteiger partial charge in [0.25, 0.3) is 0 Å². The normalized spacial score (nSPS) is 11.6. The molecule has 0 saturated carbocycles. The SMILES string of the molecule is c1ccc(-c2cc(-c3cc(-c4nc(-c5ccccc5)c5sc6ccccc6c5n4)ccc3-n3c4ccccc4c4ccccc43)cc(-c3ccccc3)n2)cc1. The zero-order valence-electron chi connectivity index (χ0n) is 30.2. The molecular weight excluding hydrogens is 701 g/mol. The van der Waals surface area contributed by atoms with Crippen molar-refractivity contribution in [2.24, 2.45) is 0 Å². The van der Waals surface area contributed by atoms with Crippen LogP contribution in [0, 0.1) is 0 Å². The Balaban J connectivity index is 1.22. The van der Waals surface area contributed by atoms with E-state index in [2.05, 4.69) is 187 Å². The molecule has 262 valence electrons. The zero-order valence-corrected chi connectivity index (χ0v) is 31.0. The second-order valence-corrected chi connectivity index (χ2v) is 15.0. The van der Waals surface area contributed by atoms with Gasteiger partial charge >= 0.3 is 0 Å². The molecule has 0 amide bonds. The van der Waals surface area contributed by atoms with Crippen molar-refractivity contribution < 1.29 is 0 Å². The van der Waals surface area contributed by atoms with Gasteiger partial charge in [-0.25, -0.2) is 15.0 Å². The highest BCUT2D eigenvalue weighted by Gasteiger charge is 2.21. The number of benzene rings is 7. The molecule has 0 aliphatic carbocycles. The highest BCUT2D eigenvalue weighted by Crippen LogP contribution is 2.42. The Morgan fingerprint density at radius 2 is 0.929 bits per heavy atom. The fourth-order valence-electron chi connectivity index (χ4n) is 7.99. The van der Waals surface area contributed by atoms with Gasteiger partial charge in [0.1, 0.15) is 0 Å². The van der Waals surface area contributed by atoms with Gasteiger partial charge in [0.05, 0.1) is 44.0 Å². The number of pyridine rings is 1. The topological polar surface area (TPSA) is 43.6 Å². The van der Waals surface area contributed by atoms with Crippen LogP contribution in [-0.2, 0) is 0 Å². The summed E-state index contributed by atoms with van der Waals surface area (Å²) in [6.07, 6.45) is 0. The van der Waals surface area contributed by atoms with Crippen LogP contribution in [-0.4, -0.2) is 19.5 Å². The minimum absolute atomic E-state index is 0.690. The molecule has 11 aromatic rings. The number of aromatic nitrogens is 4. The molecule has 0 saturated heterocycles. The van der Waals surface area contributed by atoms with Crippen LogP contribution < -0.4 is 0 Å². The minimum atomic E-state index is 0.690. The largest absolute Gasteiger partial charge is 0.309 e. The zero-order chi connectivity index (χ0) is 37.0. The highest BCUT2D eigenvalue weighted by atomic mass is 32.1. The van der Waals surface area contributed by atoms with Gasteiger partial charge in [0, 0.05) is 48.7 Å². The standard InChI is InChI=1S/C51H32N4S/c1-4-16-33(17-5-1)42-31-37(32-43(52-42)34-18-6-2-7-19-34)41-30-36(28-29-46(41)55-44-25-13-10-22-38(44)39-23-11-14-26-45(39)55)51-53-48(35-20-8-3-9-21-35)50-49(54-51)40-24-12-15-27-47(40)56-50/h1-32H. The van der Waals surface area contributed by atoms with Crippen molar-refractivity contribution in [3.63, 3.8) is 0 Å². The monoisotopic (exact) mass is 732 g/mol. The fourth-order valence-corrected chi connectivity index (χ4v) is 9.15. The van der Waals surface area contributed by atoms with E-state index < -0.39 is 0 Å². The van der Waals surface area contributed by atoms with Gasteiger partial charge in [-0.1, -0.05) is 146 Å². The summed E-state index contributed by atoms with van der Waals surface area (Å²) in [5, 5.41) is 3.58. The lowest BCUT2D eigenvalue weighted by molar-refractivity contribution is 1.17. The van der Waals surface area contributed by atoms with Crippen molar-refractivity contribution in [2.45, 2.75) is 0 Å². The van der Waals surface area contributed by atoms with Crippen molar-refractivity contribution in [3.8, 4) is 62.0 Å². The second kappa shape index (κ2) is 13.3. The third-order valence-electron chi connectivity index (χ3n) is 10.6. The molecule has 0 radical (unpaired) electrons. The first-order valence-corrected chi connectivity index (χ1v) is 19.6. The number of nitrogens with zero attached hydrogens (tertiary/aromatic N) is 4. The molecule has 0 spiro atoms. The van der Waals surface area contributed by atoms with Gasteiger partial charge in [-0.2, -0.15) is 0 Å². The summed E-state index contributed by atoms with van der Waals surface area (Å²) < 4.78 is 4.70. The first-order chi connectivity index (χ1) is 27.8. The predicted molar refractivity (Wildman–Crippen MR) is 234 cm³/mol. The van der Waals surface area contributed by atoms with Gasteiger partial charge in [0.2, 0.25) is 0 Å². The van der Waals surface area contributed by atoms with E-state index in [0.29, 0.717) is 5.82 Å². The smallest absolute Gasteiger partial charge is 0.160 e. The van der Waals surface area contributed by atoms with E-state index >= 15 is 0 Å². The quantitative estimate of drug-likeness (QED) is 0.171. The third kappa shape index (κ3) is 5.40. The average Bonchev–Trinajstić information content (AvgIpc) is 3.82. The maximum atomic E-state index is 5.37. The molecule has 0 fully saturated rings.